The predicted molar refractivity (Wildman–Crippen MR) is 68.2 cm³/mol. The molecule has 1 aliphatic heterocycles. The van der Waals surface area contributed by atoms with Crippen LogP contribution in [0, 0.1) is 11.6 Å². The van der Waals surface area contributed by atoms with E-state index in [1.165, 1.54) is 12.3 Å². The van der Waals surface area contributed by atoms with Crippen molar-refractivity contribution in [2.24, 2.45) is 0 Å². The molecule has 0 saturated carbocycles. The Morgan fingerprint density at radius 3 is 2.89 bits per heavy atom. The van der Waals surface area contributed by atoms with Gasteiger partial charge >= 0.3 is 0 Å². The van der Waals surface area contributed by atoms with E-state index in [0.717, 1.165) is 25.5 Å². The van der Waals surface area contributed by atoms with Crippen molar-refractivity contribution in [3.63, 3.8) is 0 Å². The maximum absolute atomic E-state index is 13.6. The minimum Gasteiger partial charge on any atom is -0.358 e. The lowest BCUT2D eigenvalue weighted by atomic mass is 10.0. The van der Waals surface area contributed by atoms with E-state index in [4.69, 9.17) is 0 Å². The Kier molecular flexibility index (Phi) is 2.86. The summed E-state index contributed by atoms with van der Waals surface area (Å²) in [6.07, 6.45) is 3.24. The largest absolute Gasteiger partial charge is 0.358 e. The Morgan fingerprint density at radius 1 is 1.42 bits per heavy atom. The van der Waals surface area contributed by atoms with Gasteiger partial charge in [-0.3, -0.25) is 9.69 Å². The molecule has 1 fully saturated rings. The van der Waals surface area contributed by atoms with Gasteiger partial charge in [0, 0.05) is 23.2 Å². The average molecular weight is 264 g/mol. The van der Waals surface area contributed by atoms with Crippen LogP contribution in [-0.4, -0.2) is 35.3 Å². The summed E-state index contributed by atoms with van der Waals surface area (Å²) < 4.78 is 26.9. The van der Waals surface area contributed by atoms with Gasteiger partial charge in [-0.1, -0.05) is 0 Å². The molecule has 0 amide bonds. The number of hydrogen-bond acceptors (Lipinski definition) is 2. The van der Waals surface area contributed by atoms with E-state index in [-0.39, 0.29) is 17.3 Å². The number of likely N-dealkylation sites (tertiary alicyclic amines) is 1. The minimum atomic E-state index is -0.672. The highest BCUT2D eigenvalue weighted by Crippen LogP contribution is 2.26. The number of halogens is 2. The Bertz CT molecular complexity index is 650. The number of carbonyl (C=O) groups excluding carboxylic acids is 1. The van der Waals surface area contributed by atoms with Crippen LogP contribution < -0.4 is 0 Å². The van der Waals surface area contributed by atoms with Crippen molar-refractivity contribution < 1.29 is 13.6 Å². The molecule has 1 unspecified atom stereocenters. The van der Waals surface area contributed by atoms with Gasteiger partial charge in [0.2, 0.25) is 0 Å². The molecule has 2 aromatic rings. The third-order valence-corrected chi connectivity index (χ3v) is 3.79. The summed E-state index contributed by atoms with van der Waals surface area (Å²) in [5, 5.41) is 0.322. The fourth-order valence-corrected chi connectivity index (χ4v) is 2.78. The van der Waals surface area contributed by atoms with E-state index in [1.807, 2.05) is 11.9 Å². The smallest absolute Gasteiger partial charge is 0.182 e. The van der Waals surface area contributed by atoms with Crippen LogP contribution >= 0.6 is 0 Å². The van der Waals surface area contributed by atoms with Crippen LogP contribution in [0.4, 0.5) is 8.78 Å². The zero-order valence-electron chi connectivity index (χ0n) is 10.5. The molecule has 1 saturated heterocycles. The summed E-state index contributed by atoms with van der Waals surface area (Å²) in [6.45, 7) is 0.876. The molecule has 19 heavy (non-hydrogen) atoms. The quantitative estimate of drug-likeness (QED) is 0.847. The SMILES string of the molecule is CN1CCCC1C(=O)c1c[nH]c2c(F)cc(F)cc12. The number of benzene rings is 1. The lowest BCUT2D eigenvalue weighted by molar-refractivity contribution is 0.0892. The number of hydrogen-bond donors (Lipinski definition) is 1. The number of fused-ring (bicyclic) bond motifs is 1. The molecule has 5 heteroatoms. The lowest BCUT2D eigenvalue weighted by Crippen LogP contribution is -2.32. The molecule has 0 bridgehead atoms. The molecule has 2 heterocycles. The van der Waals surface area contributed by atoms with Gasteiger partial charge in [-0.25, -0.2) is 8.78 Å². The highest BCUT2D eigenvalue weighted by molar-refractivity contribution is 6.10. The second kappa shape index (κ2) is 4.42. The highest BCUT2D eigenvalue weighted by Gasteiger charge is 2.30. The van der Waals surface area contributed by atoms with E-state index in [9.17, 15) is 13.6 Å². The third kappa shape index (κ3) is 1.94. The van der Waals surface area contributed by atoms with Crippen LogP contribution in [0.3, 0.4) is 0 Å². The first-order valence-electron chi connectivity index (χ1n) is 6.28. The first-order valence-corrected chi connectivity index (χ1v) is 6.28. The normalized spacial score (nSPS) is 20.3. The molecular weight excluding hydrogens is 250 g/mol. The summed E-state index contributed by atoms with van der Waals surface area (Å²) >= 11 is 0. The summed E-state index contributed by atoms with van der Waals surface area (Å²) in [5.41, 5.74) is 0.553. The first-order chi connectivity index (χ1) is 9.08. The zero-order chi connectivity index (χ0) is 13.6. The molecule has 1 aliphatic rings. The number of nitrogens with zero attached hydrogens (tertiary/aromatic N) is 1. The van der Waals surface area contributed by atoms with Crippen molar-refractivity contribution in [3.05, 3.63) is 35.5 Å². The molecule has 3 nitrogen and oxygen atoms in total. The van der Waals surface area contributed by atoms with Crippen molar-refractivity contribution in [2.45, 2.75) is 18.9 Å². The molecular formula is C14H14F2N2O. The average Bonchev–Trinajstić information content (AvgIpc) is 2.94. The molecule has 0 radical (unpaired) electrons. The van der Waals surface area contributed by atoms with Crippen molar-refractivity contribution in [3.8, 4) is 0 Å². The number of aromatic nitrogens is 1. The number of rotatable bonds is 2. The number of carbonyl (C=O) groups is 1. The van der Waals surface area contributed by atoms with Gasteiger partial charge in [0.1, 0.15) is 11.6 Å². The van der Waals surface area contributed by atoms with E-state index in [1.54, 1.807) is 0 Å². The summed E-state index contributed by atoms with van der Waals surface area (Å²) in [5.74, 6) is -1.41. The van der Waals surface area contributed by atoms with Gasteiger partial charge in [-0.05, 0) is 32.5 Å². The Balaban J connectivity index is 2.08. The standard InChI is InChI=1S/C14H14F2N2O/c1-18-4-2-3-12(18)14(19)10-7-17-13-9(10)5-8(15)6-11(13)16/h5-7,12,17H,2-4H2,1H3. The third-order valence-electron chi connectivity index (χ3n) is 3.79. The number of aromatic amines is 1. The molecule has 1 aromatic carbocycles. The summed E-state index contributed by atoms with van der Waals surface area (Å²) in [7, 11) is 1.89. The number of H-pyrrole nitrogens is 1. The lowest BCUT2D eigenvalue weighted by Gasteiger charge is -2.17. The van der Waals surface area contributed by atoms with Gasteiger partial charge in [-0.15, -0.1) is 0 Å². The number of Topliss-reactive ketones (excluding diaryl/α,β-unsaturated/α-hetero) is 1. The van der Waals surface area contributed by atoms with Gasteiger partial charge in [0.25, 0.3) is 0 Å². The molecule has 100 valence electrons. The van der Waals surface area contributed by atoms with Crippen LogP contribution in [0.15, 0.2) is 18.3 Å². The maximum Gasteiger partial charge on any atom is 0.182 e. The second-order valence-electron chi connectivity index (χ2n) is 5.02. The van der Waals surface area contributed by atoms with Crippen molar-refractivity contribution in [1.82, 2.24) is 9.88 Å². The molecule has 0 aliphatic carbocycles. The van der Waals surface area contributed by atoms with Gasteiger partial charge in [0.15, 0.2) is 5.78 Å². The number of nitrogens with one attached hydrogen (secondary N) is 1. The predicted octanol–water partition coefficient (Wildman–Crippen LogP) is 2.72. The Hall–Kier alpha value is -1.75. The van der Waals surface area contributed by atoms with Crippen LogP contribution in [-0.2, 0) is 0 Å². The zero-order valence-corrected chi connectivity index (χ0v) is 10.5. The molecule has 0 spiro atoms. The maximum atomic E-state index is 13.6. The van der Waals surface area contributed by atoms with Crippen molar-refractivity contribution in [1.29, 1.82) is 0 Å². The number of ketones is 1. The summed E-state index contributed by atoms with van der Waals surface area (Å²) in [4.78, 5) is 17.2. The minimum absolute atomic E-state index is 0.0729. The summed E-state index contributed by atoms with van der Waals surface area (Å²) in [6, 6.07) is 1.83. The van der Waals surface area contributed by atoms with E-state index in [0.29, 0.717) is 10.9 Å². The van der Waals surface area contributed by atoms with Crippen LogP contribution in [0.2, 0.25) is 0 Å². The molecule has 1 aromatic heterocycles. The van der Waals surface area contributed by atoms with Crippen LogP contribution in [0.5, 0.6) is 0 Å². The first kappa shape index (κ1) is 12.3. The van der Waals surface area contributed by atoms with Crippen molar-refractivity contribution >= 4 is 16.7 Å². The number of likely N-dealkylation sites (N-methyl/N-ethyl adjacent to an activating group) is 1. The van der Waals surface area contributed by atoms with E-state index in [2.05, 4.69) is 4.98 Å². The fourth-order valence-electron chi connectivity index (χ4n) is 2.78. The van der Waals surface area contributed by atoms with Gasteiger partial charge in [0.05, 0.1) is 11.6 Å². The van der Waals surface area contributed by atoms with Crippen molar-refractivity contribution in [2.75, 3.05) is 13.6 Å². The topological polar surface area (TPSA) is 36.1 Å². The fraction of sp³-hybridized carbons (Fsp3) is 0.357. The highest BCUT2D eigenvalue weighted by atomic mass is 19.1. The van der Waals surface area contributed by atoms with Crippen LogP contribution in [0.25, 0.3) is 10.9 Å². The molecule has 3 rings (SSSR count). The monoisotopic (exact) mass is 264 g/mol. The second-order valence-corrected chi connectivity index (χ2v) is 5.02. The van der Waals surface area contributed by atoms with Crippen LogP contribution in [0.1, 0.15) is 23.2 Å². The molecule has 1 N–H and O–H groups in total. The van der Waals surface area contributed by atoms with Gasteiger partial charge < -0.3 is 4.98 Å². The van der Waals surface area contributed by atoms with Gasteiger partial charge in [-0.2, -0.15) is 0 Å². The Labute approximate surface area is 109 Å². The Morgan fingerprint density at radius 2 is 2.21 bits per heavy atom. The van der Waals surface area contributed by atoms with E-state index >= 15 is 0 Å². The van der Waals surface area contributed by atoms with E-state index < -0.39 is 11.6 Å². The molecule has 1 atom stereocenters.